The Hall–Kier alpha value is -0.600. The molecule has 0 amide bonds. The lowest BCUT2D eigenvalue weighted by Crippen LogP contribution is -1.75. The standard InChI is InChI=1S/C10H8S2/c11-8-5-7-3-1-2-4-9(7)10(12)6-8/h1-6,11-12H. The van der Waals surface area contributed by atoms with Gasteiger partial charge in [0.25, 0.3) is 0 Å². The van der Waals surface area contributed by atoms with Crippen molar-refractivity contribution in [2.75, 3.05) is 0 Å². The molecule has 0 spiro atoms. The van der Waals surface area contributed by atoms with Gasteiger partial charge in [0.1, 0.15) is 0 Å². The summed E-state index contributed by atoms with van der Waals surface area (Å²) < 4.78 is 0. The van der Waals surface area contributed by atoms with Crippen molar-refractivity contribution < 1.29 is 0 Å². The van der Waals surface area contributed by atoms with Gasteiger partial charge in [-0.15, -0.1) is 25.3 Å². The first-order valence-electron chi connectivity index (χ1n) is 3.68. The summed E-state index contributed by atoms with van der Waals surface area (Å²) in [6.07, 6.45) is 0. The van der Waals surface area contributed by atoms with E-state index in [2.05, 4.69) is 37.4 Å². The molecule has 0 atom stereocenters. The van der Waals surface area contributed by atoms with Crippen LogP contribution in [0.1, 0.15) is 0 Å². The van der Waals surface area contributed by atoms with Crippen molar-refractivity contribution in [3.63, 3.8) is 0 Å². The topological polar surface area (TPSA) is 0 Å². The van der Waals surface area contributed by atoms with Crippen LogP contribution in [0.25, 0.3) is 10.8 Å². The molecule has 0 bridgehead atoms. The third-order valence-corrected chi connectivity index (χ3v) is 2.45. The molecule has 0 N–H and O–H groups in total. The fraction of sp³-hybridized carbons (Fsp3) is 0. The van der Waals surface area contributed by atoms with E-state index in [9.17, 15) is 0 Å². The molecule has 0 heterocycles. The minimum absolute atomic E-state index is 0.957. The van der Waals surface area contributed by atoms with Crippen LogP contribution >= 0.6 is 25.3 Å². The van der Waals surface area contributed by atoms with Crippen LogP contribution in [0.5, 0.6) is 0 Å². The lowest BCUT2D eigenvalue weighted by Gasteiger charge is -2.01. The van der Waals surface area contributed by atoms with Gasteiger partial charge in [0.15, 0.2) is 0 Å². The summed E-state index contributed by atoms with van der Waals surface area (Å²) in [6.45, 7) is 0. The van der Waals surface area contributed by atoms with E-state index in [4.69, 9.17) is 0 Å². The van der Waals surface area contributed by atoms with E-state index < -0.39 is 0 Å². The van der Waals surface area contributed by atoms with Crippen molar-refractivity contribution in [3.05, 3.63) is 36.4 Å². The van der Waals surface area contributed by atoms with Crippen molar-refractivity contribution in [1.82, 2.24) is 0 Å². The van der Waals surface area contributed by atoms with Gasteiger partial charge >= 0.3 is 0 Å². The molecule has 0 saturated carbocycles. The second-order valence-corrected chi connectivity index (χ2v) is 3.68. The molecule has 2 rings (SSSR count). The van der Waals surface area contributed by atoms with Crippen molar-refractivity contribution >= 4 is 36.0 Å². The third kappa shape index (κ3) is 1.32. The van der Waals surface area contributed by atoms with Gasteiger partial charge in [-0.05, 0) is 22.9 Å². The normalized spacial score (nSPS) is 10.5. The van der Waals surface area contributed by atoms with Crippen LogP contribution in [-0.2, 0) is 0 Å². The Bertz CT molecular complexity index is 421. The molecule has 0 aliphatic heterocycles. The number of benzene rings is 2. The lowest BCUT2D eigenvalue weighted by atomic mass is 10.1. The second kappa shape index (κ2) is 3.04. The molecular weight excluding hydrogens is 184 g/mol. The summed E-state index contributed by atoms with van der Waals surface area (Å²) in [5.74, 6) is 0. The van der Waals surface area contributed by atoms with Gasteiger partial charge in [0.2, 0.25) is 0 Å². The van der Waals surface area contributed by atoms with Gasteiger partial charge in [-0.3, -0.25) is 0 Å². The Morgan fingerprint density at radius 2 is 1.67 bits per heavy atom. The summed E-state index contributed by atoms with van der Waals surface area (Å²) in [6, 6.07) is 12.1. The van der Waals surface area contributed by atoms with Crippen LogP contribution in [0.2, 0.25) is 0 Å². The molecule has 2 heteroatoms. The average molecular weight is 192 g/mol. The Kier molecular flexibility index (Phi) is 2.03. The van der Waals surface area contributed by atoms with Gasteiger partial charge in [0.05, 0.1) is 0 Å². The highest BCUT2D eigenvalue weighted by molar-refractivity contribution is 7.81. The Morgan fingerprint density at radius 1 is 0.917 bits per heavy atom. The van der Waals surface area contributed by atoms with Crippen LogP contribution in [0.15, 0.2) is 46.2 Å². The van der Waals surface area contributed by atoms with E-state index in [1.807, 2.05) is 24.3 Å². The van der Waals surface area contributed by atoms with E-state index in [0.717, 1.165) is 9.79 Å². The largest absolute Gasteiger partial charge is 0.143 e. The number of fused-ring (bicyclic) bond motifs is 1. The van der Waals surface area contributed by atoms with E-state index in [1.54, 1.807) is 0 Å². The van der Waals surface area contributed by atoms with Crippen molar-refractivity contribution in [3.8, 4) is 0 Å². The molecule has 0 aromatic heterocycles. The van der Waals surface area contributed by atoms with Crippen LogP contribution in [0.3, 0.4) is 0 Å². The Labute approximate surface area is 82.4 Å². The third-order valence-electron chi connectivity index (χ3n) is 1.82. The van der Waals surface area contributed by atoms with Crippen LogP contribution in [-0.4, -0.2) is 0 Å². The molecule has 0 radical (unpaired) electrons. The summed E-state index contributed by atoms with van der Waals surface area (Å²) in [4.78, 5) is 1.94. The first-order chi connectivity index (χ1) is 5.77. The number of hydrogen-bond donors (Lipinski definition) is 2. The van der Waals surface area contributed by atoms with E-state index in [-0.39, 0.29) is 0 Å². The highest BCUT2D eigenvalue weighted by Gasteiger charge is 1.97. The Morgan fingerprint density at radius 3 is 2.50 bits per heavy atom. The molecule has 0 aliphatic carbocycles. The van der Waals surface area contributed by atoms with Crippen molar-refractivity contribution in [1.29, 1.82) is 0 Å². The summed E-state index contributed by atoms with van der Waals surface area (Å²) in [5, 5.41) is 2.37. The minimum Gasteiger partial charge on any atom is -0.143 e. The van der Waals surface area contributed by atoms with Crippen molar-refractivity contribution in [2.45, 2.75) is 9.79 Å². The first kappa shape index (κ1) is 8.02. The van der Waals surface area contributed by atoms with Gasteiger partial charge in [-0.2, -0.15) is 0 Å². The first-order valence-corrected chi connectivity index (χ1v) is 4.57. The smallest absolute Gasteiger partial charge is 0.0130 e. The van der Waals surface area contributed by atoms with Gasteiger partial charge in [-0.1, -0.05) is 24.3 Å². The minimum atomic E-state index is 0.957. The number of hydrogen-bond acceptors (Lipinski definition) is 2. The van der Waals surface area contributed by atoms with E-state index in [1.165, 1.54) is 10.8 Å². The molecule has 0 unspecified atom stereocenters. The van der Waals surface area contributed by atoms with Crippen molar-refractivity contribution in [2.24, 2.45) is 0 Å². The summed E-state index contributed by atoms with van der Waals surface area (Å²) >= 11 is 8.65. The molecule has 2 aromatic rings. The lowest BCUT2D eigenvalue weighted by molar-refractivity contribution is 1.41. The molecule has 2 aromatic carbocycles. The molecule has 0 nitrogen and oxygen atoms in total. The van der Waals surface area contributed by atoms with Crippen LogP contribution in [0.4, 0.5) is 0 Å². The number of thiol groups is 2. The summed E-state index contributed by atoms with van der Waals surface area (Å²) in [5.41, 5.74) is 0. The van der Waals surface area contributed by atoms with Gasteiger partial charge in [0, 0.05) is 9.79 Å². The monoisotopic (exact) mass is 192 g/mol. The fourth-order valence-electron chi connectivity index (χ4n) is 1.27. The summed E-state index contributed by atoms with van der Waals surface area (Å²) in [7, 11) is 0. The highest BCUT2D eigenvalue weighted by Crippen LogP contribution is 2.25. The number of rotatable bonds is 0. The van der Waals surface area contributed by atoms with Gasteiger partial charge < -0.3 is 0 Å². The zero-order valence-electron chi connectivity index (χ0n) is 6.36. The molecule has 0 aliphatic rings. The fourth-order valence-corrected chi connectivity index (χ4v) is 1.99. The zero-order valence-corrected chi connectivity index (χ0v) is 8.15. The SMILES string of the molecule is Sc1cc(S)c2ccccc2c1. The van der Waals surface area contributed by atoms with Crippen LogP contribution < -0.4 is 0 Å². The maximum absolute atomic E-state index is 4.37. The molecule has 12 heavy (non-hydrogen) atoms. The quantitative estimate of drug-likeness (QED) is 0.587. The molecule has 0 saturated heterocycles. The average Bonchev–Trinajstić information content (AvgIpc) is 2.04. The molecule has 0 fully saturated rings. The highest BCUT2D eigenvalue weighted by atomic mass is 32.1. The predicted molar refractivity (Wildman–Crippen MR) is 58.5 cm³/mol. The van der Waals surface area contributed by atoms with Gasteiger partial charge in [-0.25, -0.2) is 0 Å². The molecular formula is C10H8S2. The predicted octanol–water partition coefficient (Wildman–Crippen LogP) is 3.42. The second-order valence-electron chi connectivity index (χ2n) is 2.69. The zero-order chi connectivity index (χ0) is 8.55. The van der Waals surface area contributed by atoms with E-state index >= 15 is 0 Å². The molecule has 60 valence electrons. The van der Waals surface area contributed by atoms with E-state index in [0.29, 0.717) is 0 Å². The maximum Gasteiger partial charge on any atom is 0.0130 e. The Balaban J connectivity index is 2.89. The van der Waals surface area contributed by atoms with Crippen LogP contribution in [0, 0.1) is 0 Å². The maximum atomic E-state index is 4.37.